The molecule has 0 aromatic carbocycles. The van der Waals surface area contributed by atoms with E-state index in [1.54, 1.807) is 0 Å². The number of aliphatic hydroxyl groups is 1. The minimum Gasteiger partial charge on any atom is -0.462 e. The average Bonchev–Trinajstić information content (AvgIpc) is 0.985. The van der Waals surface area contributed by atoms with E-state index in [1.165, 1.54) is 12.8 Å². The van der Waals surface area contributed by atoms with Crippen molar-refractivity contribution in [1.29, 1.82) is 0 Å². The minimum atomic E-state index is -5.00. The van der Waals surface area contributed by atoms with Crippen molar-refractivity contribution in [2.24, 2.45) is 0 Å². The molecular formula is C81H132O17P2. The molecule has 0 aliphatic carbocycles. The summed E-state index contributed by atoms with van der Waals surface area (Å²) < 4.78 is 68.3. The summed E-state index contributed by atoms with van der Waals surface area (Å²) in [5.41, 5.74) is 0. The van der Waals surface area contributed by atoms with Gasteiger partial charge in [-0.1, -0.05) is 243 Å². The molecule has 568 valence electrons. The molecular weight excluding hydrogens is 1310 g/mol. The van der Waals surface area contributed by atoms with Crippen molar-refractivity contribution in [2.45, 2.75) is 290 Å². The number of phosphoric ester groups is 2. The molecule has 0 heterocycles. The van der Waals surface area contributed by atoms with E-state index in [9.17, 15) is 43.2 Å². The molecule has 5 atom stereocenters. The van der Waals surface area contributed by atoms with Crippen molar-refractivity contribution in [3.05, 3.63) is 158 Å². The van der Waals surface area contributed by atoms with Crippen molar-refractivity contribution >= 4 is 39.5 Å². The van der Waals surface area contributed by atoms with E-state index in [2.05, 4.69) is 186 Å². The average molecular weight is 1440 g/mol. The highest BCUT2D eigenvalue weighted by Crippen LogP contribution is 2.45. The van der Waals surface area contributed by atoms with Gasteiger partial charge in [-0.3, -0.25) is 37.3 Å². The standard InChI is InChI=1S/C81H132O17P2/c1-5-9-13-17-21-25-29-32-35-36-37-38-41-43-47-50-54-58-62-66-79(84)92-72-77(98-81(86)68-64-60-56-52-48-44-40-34-31-27-23-19-15-11-7-3)74-96-100(89,90)94-70-75(82)69-93-99(87,88)95-73-76(97-80(85)67-63-59-55-51-45-28-24-20-16-12-8-4)71-91-78(83)65-61-57-53-49-46-42-39-33-30-26-22-18-14-10-6-2/h9-11,13-15,20-27,32-35,37-40,46,48-49,52,75-77,82H,5-8,12,16-19,28-31,36,41-45,47,50-51,53-74H2,1-4H3,(H,87,88)(H,89,90)/b13-9-,14-10-,15-11-,24-20-,25-21-,26-22-,27-23-,35-32-,38-37-,39-33-,40-34-,49-46-,52-48-. The van der Waals surface area contributed by atoms with Crippen LogP contribution in [-0.4, -0.2) is 96.7 Å². The van der Waals surface area contributed by atoms with Crippen LogP contribution >= 0.6 is 15.6 Å². The van der Waals surface area contributed by atoms with Crippen LogP contribution in [0.2, 0.25) is 0 Å². The minimum absolute atomic E-state index is 0.0330. The van der Waals surface area contributed by atoms with Crippen LogP contribution in [-0.2, 0) is 65.4 Å². The Morgan fingerprint density at radius 1 is 0.290 bits per heavy atom. The molecule has 0 radical (unpaired) electrons. The number of hydrogen-bond donors (Lipinski definition) is 3. The molecule has 0 saturated carbocycles. The smallest absolute Gasteiger partial charge is 0.462 e. The predicted molar refractivity (Wildman–Crippen MR) is 408 cm³/mol. The van der Waals surface area contributed by atoms with Crippen LogP contribution in [0, 0.1) is 0 Å². The lowest BCUT2D eigenvalue weighted by atomic mass is 10.1. The van der Waals surface area contributed by atoms with Gasteiger partial charge in [0.25, 0.3) is 0 Å². The summed E-state index contributed by atoms with van der Waals surface area (Å²) in [6.07, 6.45) is 82.5. The first-order valence-corrected chi connectivity index (χ1v) is 40.7. The predicted octanol–water partition coefficient (Wildman–Crippen LogP) is 21.7. The normalized spacial score (nSPS) is 14.8. The number of carbonyl (C=O) groups excluding carboxylic acids is 4. The van der Waals surface area contributed by atoms with Gasteiger partial charge in [0.1, 0.15) is 19.3 Å². The Morgan fingerprint density at radius 2 is 0.520 bits per heavy atom. The van der Waals surface area contributed by atoms with Gasteiger partial charge in [0.15, 0.2) is 12.2 Å². The maximum atomic E-state index is 13.1. The summed E-state index contributed by atoms with van der Waals surface area (Å²) in [5.74, 6) is -2.31. The summed E-state index contributed by atoms with van der Waals surface area (Å²) in [4.78, 5) is 72.8. The van der Waals surface area contributed by atoms with E-state index in [0.29, 0.717) is 32.1 Å². The Morgan fingerprint density at radius 3 is 0.830 bits per heavy atom. The summed E-state index contributed by atoms with van der Waals surface area (Å²) in [5, 5.41) is 10.6. The first-order chi connectivity index (χ1) is 48.7. The van der Waals surface area contributed by atoms with Crippen molar-refractivity contribution in [3.8, 4) is 0 Å². The van der Waals surface area contributed by atoms with E-state index >= 15 is 0 Å². The summed E-state index contributed by atoms with van der Waals surface area (Å²) in [6, 6.07) is 0. The van der Waals surface area contributed by atoms with Gasteiger partial charge in [0.2, 0.25) is 0 Å². The number of ether oxygens (including phenoxy) is 4. The maximum Gasteiger partial charge on any atom is 0.472 e. The molecule has 0 spiro atoms. The molecule has 3 N–H and O–H groups in total. The largest absolute Gasteiger partial charge is 0.472 e. The zero-order chi connectivity index (χ0) is 73.2. The first-order valence-electron chi connectivity index (χ1n) is 37.7. The van der Waals surface area contributed by atoms with Gasteiger partial charge in [0.05, 0.1) is 26.4 Å². The SMILES string of the molecule is CC/C=C\C/C=C\C/C=C\C/C=C\CCCCCCCCC(=O)OCC(COP(=O)(O)OCC(O)COP(=O)(O)OCC(COC(=O)CCCC/C=C\C/C=C\C/C=C\C/C=C\CC)OC(=O)CCCCCCC/C=C\CCCC)OC(=O)CCCC/C=C\C/C=C\C/C=C\C/C=C\CC. The second-order valence-corrected chi connectivity index (χ2v) is 27.3. The van der Waals surface area contributed by atoms with Crippen molar-refractivity contribution in [3.63, 3.8) is 0 Å². The molecule has 17 nitrogen and oxygen atoms in total. The molecule has 0 fully saturated rings. The number of carbonyl (C=O) groups is 4. The lowest BCUT2D eigenvalue weighted by Gasteiger charge is -2.21. The van der Waals surface area contributed by atoms with E-state index in [1.807, 2.05) is 0 Å². The number of aliphatic hydroxyl groups excluding tert-OH is 1. The molecule has 0 bridgehead atoms. The summed E-state index contributed by atoms with van der Waals surface area (Å²) >= 11 is 0. The lowest BCUT2D eigenvalue weighted by Crippen LogP contribution is -2.30. The number of rotatable bonds is 69. The number of phosphoric acid groups is 2. The van der Waals surface area contributed by atoms with Gasteiger partial charge in [-0.2, -0.15) is 0 Å². The third kappa shape index (κ3) is 71.1. The van der Waals surface area contributed by atoms with Crippen molar-refractivity contribution < 1.29 is 80.2 Å². The second-order valence-electron chi connectivity index (χ2n) is 24.4. The zero-order valence-corrected chi connectivity index (χ0v) is 63.6. The van der Waals surface area contributed by atoms with Gasteiger partial charge in [0, 0.05) is 25.7 Å². The number of allylic oxidation sites excluding steroid dienone is 26. The lowest BCUT2D eigenvalue weighted by molar-refractivity contribution is -0.161. The maximum absolute atomic E-state index is 13.1. The monoisotopic (exact) mass is 1440 g/mol. The quantitative estimate of drug-likeness (QED) is 0.0169. The third-order valence-electron chi connectivity index (χ3n) is 15.0. The van der Waals surface area contributed by atoms with E-state index in [-0.39, 0.29) is 25.7 Å². The van der Waals surface area contributed by atoms with E-state index in [0.717, 1.165) is 173 Å². The molecule has 0 rings (SSSR count). The van der Waals surface area contributed by atoms with Crippen LogP contribution in [0.4, 0.5) is 0 Å². The molecule has 0 aromatic heterocycles. The molecule has 0 saturated heterocycles. The van der Waals surface area contributed by atoms with Crippen LogP contribution in [0.1, 0.15) is 272 Å². The van der Waals surface area contributed by atoms with Gasteiger partial charge in [-0.15, -0.1) is 0 Å². The Balaban J connectivity index is 5.42. The Labute approximate surface area is 604 Å². The fourth-order valence-electron chi connectivity index (χ4n) is 9.29. The second kappa shape index (κ2) is 72.0. The van der Waals surface area contributed by atoms with Crippen LogP contribution in [0.25, 0.3) is 0 Å². The highest BCUT2D eigenvalue weighted by molar-refractivity contribution is 7.47. The fraction of sp³-hybridized carbons (Fsp3) is 0.630. The molecule has 0 aliphatic heterocycles. The fourth-order valence-corrected chi connectivity index (χ4v) is 10.9. The molecule has 5 unspecified atom stereocenters. The topological polar surface area (TPSA) is 237 Å². The van der Waals surface area contributed by atoms with Gasteiger partial charge in [-0.25, -0.2) is 9.13 Å². The molecule has 0 amide bonds. The third-order valence-corrected chi connectivity index (χ3v) is 16.9. The first kappa shape index (κ1) is 94.7. The number of unbranched alkanes of at least 4 members (excludes halogenated alkanes) is 17. The van der Waals surface area contributed by atoms with Crippen LogP contribution in [0.5, 0.6) is 0 Å². The Hall–Kier alpha value is -5.32. The highest BCUT2D eigenvalue weighted by Gasteiger charge is 2.30. The number of hydrogen-bond acceptors (Lipinski definition) is 15. The molecule has 0 aliphatic rings. The van der Waals surface area contributed by atoms with Gasteiger partial charge >= 0.3 is 39.5 Å². The molecule has 100 heavy (non-hydrogen) atoms. The van der Waals surface area contributed by atoms with Crippen LogP contribution in [0.15, 0.2) is 158 Å². The Kier molecular flexibility index (Phi) is 68.2. The van der Waals surface area contributed by atoms with E-state index in [4.69, 9.17) is 37.0 Å². The Bertz CT molecular complexity index is 2520. The molecule has 0 aromatic rings. The summed E-state index contributed by atoms with van der Waals surface area (Å²) in [7, 11) is -9.99. The van der Waals surface area contributed by atoms with Crippen molar-refractivity contribution in [1.82, 2.24) is 0 Å². The number of esters is 4. The van der Waals surface area contributed by atoms with Crippen molar-refractivity contribution in [2.75, 3.05) is 39.6 Å². The van der Waals surface area contributed by atoms with E-state index < -0.39 is 97.5 Å². The highest BCUT2D eigenvalue weighted by atomic mass is 31.2. The van der Waals surface area contributed by atoms with Gasteiger partial charge < -0.3 is 33.8 Å². The zero-order valence-electron chi connectivity index (χ0n) is 61.8. The summed E-state index contributed by atoms with van der Waals surface area (Å²) in [6.45, 7) is 4.34. The van der Waals surface area contributed by atoms with Crippen LogP contribution in [0.3, 0.4) is 0 Å². The van der Waals surface area contributed by atoms with Gasteiger partial charge in [-0.05, 0) is 161 Å². The molecule has 19 heteroatoms. The van der Waals surface area contributed by atoms with Crippen LogP contribution < -0.4 is 0 Å².